The third kappa shape index (κ3) is 6.95. The van der Waals surface area contributed by atoms with E-state index < -0.39 is 5.97 Å². The number of hydrogen-bond acceptors (Lipinski definition) is 2. The first-order chi connectivity index (χ1) is 4.13. The van der Waals surface area contributed by atoms with Gasteiger partial charge in [-0.15, -0.1) is 0 Å². The Balaban J connectivity index is 3.48. The Morgan fingerprint density at radius 1 is 1.78 bits per heavy atom. The molecule has 2 heteroatoms. The summed E-state index contributed by atoms with van der Waals surface area (Å²) in [6.45, 7) is 5.42. The smallest absolute Gasteiger partial charge is 0.0639 e. The Morgan fingerprint density at radius 3 is 2.67 bits per heavy atom. The van der Waals surface area contributed by atoms with Gasteiger partial charge in [0, 0.05) is 0 Å². The van der Waals surface area contributed by atoms with Gasteiger partial charge in [0.1, 0.15) is 0 Å². The van der Waals surface area contributed by atoms with Crippen LogP contribution in [0.15, 0.2) is 24.3 Å². The maximum absolute atomic E-state index is 9.75. The van der Waals surface area contributed by atoms with Crippen molar-refractivity contribution >= 4 is 5.97 Å². The molecule has 0 N–H and O–H groups in total. The normalized spacial score (nSPS) is 9.89. The summed E-state index contributed by atoms with van der Waals surface area (Å²) in [4.78, 5) is 9.75. The summed E-state index contributed by atoms with van der Waals surface area (Å²) in [5, 5.41) is 9.75. The van der Waals surface area contributed by atoms with E-state index in [0.717, 1.165) is 11.6 Å². The molecular weight excluding hydrogens is 116 g/mol. The maximum Gasteiger partial charge on any atom is 0.0639 e. The van der Waals surface area contributed by atoms with Crippen LogP contribution in [0.5, 0.6) is 0 Å². The Bertz CT molecular complexity index is 145. The second-order valence-corrected chi connectivity index (χ2v) is 1.88. The highest BCUT2D eigenvalue weighted by Gasteiger charge is 1.77. The second-order valence-electron chi connectivity index (χ2n) is 1.88. The van der Waals surface area contributed by atoms with E-state index in [0.29, 0.717) is 6.42 Å². The Kier molecular flexibility index (Phi) is 3.44. The van der Waals surface area contributed by atoms with Crippen molar-refractivity contribution in [3.8, 4) is 0 Å². The fourth-order valence-corrected chi connectivity index (χ4v) is 0.356. The van der Waals surface area contributed by atoms with Crippen molar-refractivity contribution in [3.05, 3.63) is 24.3 Å². The molecule has 0 unspecified atom stereocenters. The predicted octanol–water partition coefficient (Wildman–Crippen LogP) is 0.259. The van der Waals surface area contributed by atoms with Crippen molar-refractivity contribution in [1.82, 2.24) is 0 Å². The van der Waals surface area contributed by atoms with Gasteiger partial charge in [-0.05, 0) is 19.4 Å². The summed E-state index contributed by atoms with van der Waals surface area (Å²) in [5.41, 5.74) is 0.938. The maximum atomic E-state index is 9.75. The average Bonchev–Trinajstić information content (AvgIpc) is 1.63. The molecule has 0 fully saturated rings. The minimum absolute atomic E-state index is 0.605. The molecule has 0 saturated carbocycles. The number of rotatable bonds is 3. The van der Waals surface area contributed by atoms with Crippen molar-refractivity contribution in [2.45, 2.75) is 13.3 Å². The lowest BCUT2D eigenvalue weighted by Gasteiger charge is -1.90. The molecule has 50 valence electrons. The van der Waals surface area contributed by atoms with Gasteiger partial charge in [-0.2, -0.15) is 0 Å². The highest BCUT2D eigenvalue weighted by Crippen LogP contribution is 1.94. The van der Waals surface area contributed by atoms with Gasteiger partial charge in [-0.3, -0.25) is 0 Å². The van der Waals surface area contributed by atoms with Crippen molar-refractivity contribution in [3.63, 3.8) is 0 Å². The number of carbonyl (C=O) groups excluding carboxylic acids is 1. The van der Waals surface area contributed by atoms with Crippen molar-refractivity contribution in [1.29, 1.82) is 0 Å². The van der Waals surface area contributed by atoms with E-state index in [1.807, 2.05) is 6.92 Å². The van der Waals surface area contributed by atoms with E-state index in [9.17, 15) is 9.90 Å². The molecule has 0 aromatic carbocycles. The van der Waals surface area contributed by atoms with Crippen LogP contribution in [0.4, 0.5) is 0 Å². The van der Waals surface area contributed by atoms with Gasteiger partial charge in [-0.25, -0.2) is 0 Å². The molecule has 0 aliphatic rings. The zero-order valence-electron chi connectivity index (χ0n) is 5.39. The highest BCUT2D eigenvalue weighted by molar-refractivity contribution is 5.77. The summed E-state index contributed by atoms with van der Waals surface area (Å²) >= 11 is 0. The molecule has 0 amide bonds. The number of carboxylic acid groups (broad SMARTS) is 1. The van der Waals surface area contributed by atoms with Gasteiger partial charge in [0.05, 0.1) is 5.97 Å². The van der Waals surface area contributed by atoms with Gasteiger partial charge < -0.3 is 9.90 Å². The van der Waals surface area contributed by atoms with Gasteiger partial charge in [-0.1, -0.05) is 18.2 Å². The van der Waals surface area contributed by atoms with Crippen LogP contribution in [0.1, 0.15) is 13.3 Å². The van der Waals surface area contributed by atoms with Crippen molar-refractivity contribution in [2.75, 3.05) is 0 Å². The first-order valence-electron chi connectivity index (χ1n) is 2.65. The van der Waals surface area contributed by atoms with Gasteiger partial charge in [0.25, 0.3) is 0 Å². The van der Waals surface area contributed by atoms with Gasteiger partial charge in [0.2, 0.25) is 0 Å². The van der Waals surface area contributed by atoms with E-state index in [2.05, 4.69) is 6.58 Å². The predicted molar refractivity (Wildman–Crippen MR) is 33.6 cm³/mol. The lowest BCUT2D eigenvalue weighted by atomic mass is 10.2. The minimum Gasteiger partial charge on any atom is -0.545 e. The standard InChI is InChI=1S/C7H10O2/c1-6(2)4-3-5-7(8)9/h3,5H,1,4H2,2H3,(H,8,9)/p-1/b5-3+. The molecule has 0 spiro atoms. The van der Waals surface area contributed by atoms with Gasteiger partial charge >= 0.3 is 0 Å². The highest BCUT2D eigenvalue weighted by atomic mass is 16.4. The number of aliphatic carboxylic acids is 1. The molecule has 0 aliphatic heterocycles. The molecule has 2 nitrogen and oxygen atoms in total. The summed E-state index contributed by atoms with van der Waals surface area (Å²) in [6, 6.07) is 0. The lowest BCUT2D eigenvalue weighted by molar-refractivity contribution is -0.297. The fourth-order valence-electron chi connectivity index (χ4n) is 0.356. The number of allylic oxidation sites excluding steroid dienone is 2. The van der Waals surface area contributed by atoms with Crippen molar-refractivity contribution < 1.29 is 9.90 Å². The van der Waals surface area contributed by atoms with E-state index in [1.165, 1.54) is 6.08 Å². The van der Waals surface area contributed by atoms with E-state index in [-0.39, 0.29) is 0 Å². The molecule has 0 radical (unpaired) electrons. The van der Waals surface area contributed by atoms with Crippen LogP contribution < -0.4 is 5.11 Å². The van der Waals surface area contributed by atoms with Gasteiger partial charge in [0.15, 0.2) is 0 Å². The topological polar surface area (TPSA) is 40.1 Å². The molecule has 0 atom stereocenters. The summed E-state index contributed by atoms with van der Waals surface area (Å²) in [5.74, 6) is -1.16. The molecule has 0 aromatic rings. The van der Waals surface area contributed by atoms with Crippen LogP contribution in [-0.4, -0.2) is 5.97 Å². The molecule has 0 aromatic heterocycles. The zero-order valence-corrected chi connectivity index (χ0v) is 5.39. The molecular formula is C7H9O2-. The van der Waals surface area contributed by atoms with Crippen LogP contribution in [0.25, 0.3) is 0 Å². The Morgan fingerprint density at radius 2 is 2.33 bits per heavy atom. The molecule has 0 saturated heterocycles. The molecule has 9 heavy (non-hydrogen) atoms. The van der Waals surface area contributed by atoms with E-state index >= 15 is 0 Å². The van der Waals surface area contributed by atoms with Crippen LogP contribution in [0.2, 0.25) is 0 Å². The fraction of sp³-hybridized carbons (Fsp3) is 0.286. The quantitative estimate of drug-likeness (QED) is 0.401. The minimum atomic E-state index is -1.16. The van der Waals surface area contributed by atoms with Crippen molar-refractivity contribution in [2.24, 2.45) is 0 Å². The molecule has 0 bridgehead atoms. The third-order valence-corrected chi connectivity index (χ3v) is 0.720. The summed E-state index contributed by atoms with van der Waals surface area (Å²) in [7, 11) is 0. The molecule has 0 heterocycles. The Labute approximate surface area is 54.5 Å². The molecule has 0 rings (SSSR count). The summed E-state index contributed by atoms with van der Waals surface area (Å²) < 4.78 is 0. The largest absolute Gasteiger partial charge is 0.545 e. The van der Waals surface area contributed by atoms with Crippen LogP contribution in [0.3, 0.4) is 0 Å². The van der Waals surface area contributed by atoms with Crippen LogP contribution in [0, 0.1) is 0 Å². The molecule has 0 aliphatic carbocycles. The van der Waals surface area contributed by atoms with Crippen LogP contribution in [-0.2, 0) is 4.79 Å². The SMILES string of the molecule is C=C(C)C/C=C/C(=O)[O-]. The first-order valence-corrected chi connectivity index (χ1v) is 2.65. The monoisotopic (exact) mass is 125 g/mol. The number of carbonyl (C=O) groups is 1. The first kappa shape index (κ1) is 7.95. The zero-order chi connectivity index (χ0) is 7.28. The third-order valence-electron chi connectivity index (χ3n) is 0.720. The van der Waals surface area contributed by atoms with Crippen LogP contribution >= 0.6 is 0 Å². The second kappa shape index (κ2) is 3.89. The Hall–Kier alpha value is -1.05. The lowest BCUT2D eigenvalue weighted by Crippen LogP contribution is -2.18. The average molecular weight is 125 g/mol. The number of hydrogen-bond donors (Lipinski definition) is 0. The summed E-state index contributed by atoms with van der Waals surface area (Å²) in [6.07, 6.45) is 3.13. The van der Waals surface area contributed by atoms with E-state index in [4.69, 9.17) is 0 Å². The van der Waals surface area contributed by atoms with E-state index in [1.54, 1.807) is 0 Å². The number of carboxylic acids is 1.